The molecule has 2 aromatic rings. The fourth-order valence-electron chi connectivity index (χ4n) is 1.55. The summed E-state index contributed by atoms with van der Waals surface area (Å²) in [5.41, 5.74) is 0.908. The van der Waals surface area contributed by atoms with E-state index in [2.05, 4.69) is 4.98 Å². The van der Waals surface area contributed by atoms with Crippen LogP contribution < -0.4 is 0 Å². The van der Waals surface area contributed by atoms with Gasteiger partial charge in [0.05, 0.1) is 11.8 Å². The third-order valence-electron chi connectivity index (χ3n) is 2.39. The number of aromatic nitrogens is 1. The molecule has 0 N–H and O–H groups in total. The Morgan fingerprint density at radius 1 is 1.12 bits per heavy atom. The smallest absolute Gasteiger partial charge is 0.159 e. The van der Waals surface area contributed by atoms with Gasteiger partial charge in [-0.1, -0.05) is 12.1 Å². The highest BCUT2D eigenvalue weighted by Crippen LogP contribution is 2.23. The highest BCUT2D eigenvalue weighted by atomic mass is 19.2. The first-order chi connectivity index (χ1) is 8.22. The number of pyridine rings is 1. The lowest BCUT2D eigenvalue weighted by atomic mass is 9.96. The first-order valence-electron chi connectivity index (χ1n) is 4.98. The van der Waals surface area contributed by atoms with E-state index in [1.807, 2.05) is 6.07 Å². The van der Waals surface area contributed by atoms with E-state index in [9.17, 15) is 8.78 Å². The molecule has 1 heterocycles. The molecule has 0 bridgehead atoms. The van der Waals surface area contributed by atoms with Crippen LogP contribution in [0.3, 0.4) is 0 Å². The van der Waals surface area contributed by atoms with Crippen LogP contribution in [0.25, 0.3) is 0 Å². The van der Waals surface area contributed by atoms with E-state index in [0.717, 1.165) is 12.1 Å². The van der Waals surface area contributed by atoms with E-state index in [1.54, 1.807) is 24.4 Å². The van der Waals surface area contributed by atoms with Crippen LogP contribution in [0.2, 0.25) is 0 Å². The van der Waals surface area contributed by atoms with Crippen molar-refractivity contribution in [2.75, 3.05) is 0 Å². The number of rotatable bonds is 2. The van der Waals surface area contributed by atoms with Crippen molar-refractivity contribution in [1.82, 2.24) is 4.98 Å². The molecule has 0 saturated heterocycles. The van der Waals surface area contributed by atoms with Gasteiger partial charge in [0.1, 0.15) is 5.92 Å². The van der Waals surface area contributed by atoms with E-state index in [-0.39, 0.29) is 0 Å². The Kier molecular flexibility index (Phi) is 3.10. The van der Waals surface area contributed by atoms with Crippen LogP contribution in [0.5, 0.6) is 0 Å². The molecule has 0 aliphatic rings. The van der Waals surface area contributed by atoms with Crippen molar-refractivity contribution >= 4 is 0 Å². The van der Waals surface area contributed by atoms with Gasteiger partial charge in [0.25, 0.3) is 0 Å². The number of nitriles is 1. The Morgan fingerprint density at radius 3 is 2.53 bits per heavy atom. The van der Waals surface area contributed by atoms with Crippen molar-refractivity contribution in [3.8, 4) is 6.07 Å². The summed E-state index contributed by atoms with van der Waals surface area (Å²) in [6.07, 6.45) is 1.56. The molecule has 2 rings (SSSR count). The van der Waals surface area contributed by atoms with Crippen molar-refractivity contribution in [2.24, 2.45) is 0 Å². The standard InChI is InChI=1S/C13H8F2N2/c14-11-5-4-9(7-12(11)15)10(8-16)13-3-1-2-6-17-13/h1-7,10H. The molecule has 0 spiro atoms. The van der Waals surface area contributed by atoms with Gasteiger partial charge in [-0.05, 0) is 29.8 Å². The van der Waals surface area contributed by atoms with Crippen molar-refractivity contribution in [1.29, 1.82) is 5.26 Å². The van der Waals surface area contributed by atoms with E-state index in [4.69, 9.17) is 5.26 Å². The normalized spacial score (nSPS) is 11.8. The number of nitrogens with zero attached hydrogens (tertiary/aromatic N) is 2. The van der Waals surface area contributed by atoms with Crippen molar-refractivity contribution in [2.45, 2.75) is 5.92 Å². The molecule has 0 aliphatic heterocycles. The molecule has 1 aromatic heterocycles. The number of benzene rings is 1. The number of halogens is 2. The predicted octanol–water partition coefficient (Wildman–Crippen LogP) is 3.02. The summed E-state index contributed by atoms with van der Waals surface area (Å²) in [6, 6.07) is 10.6. The topological polar surface area (TPSA) is 36.7 Å². The summed E-state index contributed by atoms with van der Waals surface area (Å²) in [7, 11) is 0. The maximum absolute atomic E-state index is 13.1. The lowest BCUT2D eigenvalue weighted by molar-refractivity contribution is 0.507. The number of hydrogen-bond donors (Lipinski definition) is 0. The maximum atomic E-state index is 13.1. The van der Waals surface area contributed by atoms with E-state index < -0.39 is 17.6 Å². The minimum atomic E-state index is -0.960. The fourth-order valence-corrected chi connectivity index (χ4v) is 1.55. The first kappa shape index (κ1) is 11.2. The molecule has 17 heavy (non-hydrogen) atoms. The highest BCUT2D eigenvalue weighted by molar-refractivity contribution is 5.34. The third kappa shape index (κ3) is 2.28. The molecule has 0 aliphatic carbocycles. The number of hydrogen-bond acceptors (Lipinski definition) is 2. The maximum Gasteiger partial charge on any atom is 0.159 e. The van der Waals surface area contributed by atoms with Gasteiger partial charge in [0.2, 0.25) is 0 Å². The van der Waals surface area contributed by atoms with Gasteiger partial charge in [0, 0.05) is 6.20 Å². The Labute approximate surface area is 97.2 Å². The molecule has 0 fully saturated rings. The van der Waals surface area contributed by atoms with Gasteiger partial charge in [-0.15, -0.1) is 0 Å². The third-order valence-corrected chi connectivity index (χ3v) is 2.39. The SMILES string of the molecule is N#CC(c1ccc(F)c(F)c1)c1ccccn1. The average molecular weight is 230 g/mol. The predicted molar refractivity (Wildman–Crippen MR) is 58.1 cm³/mol. The molecule has 2 nitrogen and oxygen atoms in total. The van der Waals surface area contributed by atoms with Crippen molar-refractivity contribution < 1.29 is 8.78 Å². The Morgan fingerprint density at radius 2 is 1.94 bits per heavy atom. The summed E-state index contributed by atoms with van der Waals surface area (Å²) in [4.78, 5) is 4.04. The highest BCUT2D eigenvalue weighted by Gasteiger charge is 2.16. The second kappa shape index (κ2) is 4.71. The van der Waals surface area contributed by atoms with Crippen LogP contribution >= 0.6 is 0 Å². The molecule has 1 unspecified atom stereocenters. The zero-order valence-corrected chi connectivity index (χ0v) is 8.77. The second-order valence-corrected chi connectivity index (χ2v) is 3.49. The van der Waals surface area contributed by atoms with Crippen molar-refractivity contribution in [3.63, 3.8) is 0 Å². The van der Waals surface area contributed by atoms with Gasteiger partial charge in [0.15, 0.2) is 11.6 Å². The van der Waals surface area contributed by atoms with Crippen LogP contribution in [-0.2, 0) is 0 Å². The Balaban J connectivity index is 2.44. The quantitative estimate of drug-likeness (QED) is 0.795. The Hall–Kier alpha value is -2.28. The van der Waals surface area contributed by atoms with Crippen LogP contribution in [0.4, 0.5) is 8.78 Å². The monoisotopic (exact) mass is 230 g/mol. The fraction of sp³-hybridized carbons (Fsp3) is 0.0769. The lowest BCUT2D eigenvalue weighted by Crippen LogP contribution is -2.01. The van der Waals surface area contributed by atoms with Gasteiger partial charge in [-0.25, -0.2) is 8.78 Å². The van der Waals surface area contributed by atoms with E-state index in [0.29, 0.717) is 11.3 Å². The summed E-state index contributed by atoms with van der Waals surface area (Å²) in [5.74, 6) is -2.57. The molecule has 84 valence electrons. The molecule has 0 radical (unpaired) electrons. The second-order valence-electron chi connectivity index (χ2n) is 3.49. The molecular weight excluding hydrogens is 222 g/mol. The first-order valence-corrected chi connectivity index (χ1v) is 4.98. The van der Waals surface area contributed by atoms with E-state index in [1.165, 1.54) is 6.07 Å². The summed E-state index contributed by atoms with van der Waals surface area (Å²) in [5, 5.41) is 9.09. The average Bonchev–Trinajstić information content (AvgIpc) is 2.36. The van der Waals surface area contributed by atoms with E-state index >= 15 is 0 Å². The zero-order valence-electron chi connectivity index (χ0n) is 8.77. The van der Waals surface area contributed by atoms with Crippen LogP contribution in [0.1, 0.15) is 17.2 Å². The summed E-state index contributed by atoms with van der Waals surface area (Å²) in [6.45, 7) is 0. The zero-order chi connectivity index (χ0) is 12.3. The minimum Gasteiger partial charge on any atom is -0.260 e. The molecule has 1 aromatic carbocycles. The molecule has 0 amide bonds. The minimum absolute atomic E-state index is 0.394. The molecule has 1 atom stereocenters. The molecule has 4 heteroatoms. The van der Waals surface area contributed by atoms with Gasteiger partial charge >= 0.3 is 0 Å². The van der Waals surface area contributed by atoms with Crippen LogP contribution in [-0.4, -0.2) is 4.98 Å². The van der Waals surface area contributed by atoms with Crippen molar-refractivity contribution in [3.05, 3.63) is 65.5 Å². The summed E-state index contributed by atoms with van der Waals surface area (Å²) >= 11 is 0. The molecule has 0 saturated carbocycles. The van der Waals surface area contributed by atoms with Gasteiger partial charge < -0.3 is 0 Å². The van der Waals surface area contributed by atoms with Gasteiger partial charge in [-0.2, -0.15) is 5.26 Å². The van der Waals surface area contributed by atoms with Crippen LogP contribution in [0, 0.1) is 23.0 Å². The molecular formula is C13H8F2N2. The lowest BCUT2D eigenvalue weighted by Gasteiger charge is -2.08. The van der Waals surface area contributed by atoms with Crippen LogP contribution in [0.15, 0.2) is 42.6 Å². The summed E-state index contributed by atoms with van der Waals surface area (Å²) < 4.78 is 25.9. The van der Waals surface area contributed by atoms with Gasteiger partial charge in [-0.3, -0.25) is 4.98 Å². The largest absolute Gasteiger partial charge is 0.260 e. The Bertz CT molecular complexity index is 561.